The van der Waals surface area contributed by atoms with Crippen LogP contribution in [0.1, 0.15) is 6.92 Å². The minimum atomic E-state index is -1.08. The number of aliphatic hydroxyl groups is 3. The highest BCUT2D eigenvalue weighted by atomic mass is 16.7. The first kappa shape index (κ1) is 11.8. The van der Waals surface area contributed by atoms with Gasteiger partial charge in [-0.25, -0.2) is 0 Å². The molecule has 0 radical (unpaired) electrons. The van der Waals surface area contributed by atoms with Crippen molar-refractivity contribution in [2.45, 2.75) is 37.6 Å². The third-order valence-electron chi connectivity index (χ3n) is 2.27. The number of aliphatic hydroxyl groups excluding tert-OH is 3. The lowest BCUT2D eigenvalue weighted by molar-refractivity contribution is -0.274. The molecule has 5 N–H and O–H groups in total. The molecule has 5 atom stereocenters. The normalized spacial score (nSPS) is 43.9. The number of rotatable bonds is 3. The van der Waals surface area contributed by atoms with Gasteiger partial charge in [0.05, 0.1) is 12.6 Å². The molecule has 6 nitrogen and oxygen atoms in total. The Labute approximate surface area is 82.2 Å². The summed E-state index contributed by atoms with van der Waals surface area (Å²) >= 11 is 0. The Kier molecular flexibility index (Phi) is 4.24. The molecule has 1 saturated heterocycles. The molecule has 0 bridgehead atoms. The molecule has 0 spiro atoms. The summed E-state index contributed by atoms with van der Waals surface area (Å²) in [5.41, 5.74) is 5.54. The fourth-order valence-corrected chi connectivity index (χ4v) is 1.42. The Bertz CT molecular complexity index is 175. The summed E-state index contributed by atoms with van der Waals surface area (Å²) < 4.78 is 10.2. The summed E-state index contributed by atoms with van der Waals surface area (Å²) in [5, 5.41) is 27.9. The van der Waals surface area contributed by atoms with Gasteiger partial charge in [-0.15, -0.1) is 0 Å². The lowest BCUT2D eigenvalue weighted by Gasteiger charge is -2.40. The molecule has 1 fully saturated rings. The Morgan fingerprint density at radius 3 is 2.50 bits per heavy atom. The second kappa shape index (κ2) is 5.01. The molecule has 0 aliphatic carbocycles. The van der Waals surface area contributed by atoms with Gasteiger partial charge in [-0.3, -0.25) is 0 Å². The third kappa shape index (κ3) is 2.22. The molecule has 84 valence electrons. The van der Waals surface area contributed by atoms with Crippen molar-refractivity contribution in [3.63, 3.8) is 0 Å². The van der Waals surface area contributed by atoms with Crippen LogP contribution in [-0.2, 0) is 9.47 Å². The van der Waals surface area contributed by atoms with E-state index >= 15 is 0 Å². The van der Waals surface area contributed by atoms with Crippen molar-refractivity contribution in [2.75, 3.05) is 13.2 Å². The molecule has 0 amide bonds. The lowest BCUT2D eigenvalue weighted by atomic mass is 9.97. The van der Waals surface area contributed by atoms with Crippen LogP contribution in [0.15, 0.2) is 0 Å². The Morgan fingerprint density at radius 2 is 2.00 bits per heavy atom. The molecule has 1 aliphatic heterocycles. The van der Waals surface area contributed by atoms with E-state index in [1.54, 1.807) is 6.92 Å². The van der Waals surface area contributed by atoms with E-state index in [0.717, 1.165) is 0 Å². The monoisotopic (exact) mass is 207 g/mol. The Morgan fingerprint density at radius 1 is 1.36 bits per heavy atom. The summed E-state index contributed by atoms with van der Waals surface area (Å²) in [6.45, 7) is 1.76. The summed E-state index contributed by atoms with van der Waals surface area (Å²) in [6.07, 6.45) is -3.83. The van der Waals surface area contributed by atoms with E-state index in [9.17, 15) is 10.2 Å². The third-order valence-corrected chi connectivity index (χ3v) is 2.27. The van der Waals surface area contributed by atoms with E-state index in [2.05, 4.69) is 0 Å². The van der Waals surface area contributed by atoms with E-state index in [1.807, 2.05) is 0 Å². The largest absolute Gasteiger partial charge is 0.394 e. The van der Waals surface area contributed by atoms with Crippen LogP contribution in [0, 0.1) is 0 Å². The average Bonchev–Trinajstić information content (AvgIpc) is 2.19. The van der Waals surface area contributed by atoms with Crippen LogP contribution in [0.25, 0.3) is 0 Å². The fourth-order valence-electron chi connectivity index (χ4n) is 1.42. The molecular formula is C8H17NO5. The molecule has 0 unspecified atom stereocenters. The molecule has 0 aromatic rings. The SMILES string of the molecule is CCO[C@H]1O[C@H](CO)[C@@H](O)[C@H](N)[C@H]1O. The molecule has 0 aromatic heterocycles. The minimum Gasteiger partial charge on any atom is -0.394 e. The van der Waals surface area contributed by atoms with Gasteiger partial charge in [-0.2, -0.15) is 0 Å². The lowest BCUT2D eigenvalue weighted by Crippen LogP contribution is -2.62. The topological polar surface area (TPSA) is 105 Å². The van der Waals surface area contributed by atoms with Crippen LogP contribution < -0.4 is 5.73 Å². The second-order valence-corrected chi connectivity index (χ2v) is 3.24. The highest BCUT2D eigenvalue weighted by Gasteiger charge is 2.42. The van der Waals surface area contributed by atoms with Gasteiger partial charge in [0.15, 0.2) is 6.29 Å². The summed E-state index contributed by atoms with van der Waals surface area (Å²) in [4.78, 5) is 0. The molecule has 1 aliphatic rings. The van der Waals surface area contributed by atoms with Crippen molar-refractivity contribution in [1.82, 2.24) is 0 Å². The predicted molar refractivity (Wildman–Crippen MR) is 47.4 cm³/mol. The van der Waals surface area contributed by atoms with Crippen molar-refractivity contribution in [3.05, 3.63) is 0 Å². The van der Waals surface area contributed by atoms with Gasteiger partial charge in [0, 0.05) is 6.61 Å². The van der Waals surface area contributed by atoms with E-state index in [4.69, 9.17) is 20.3 Å². The average molecular weight is 207 g/mol. The number of hydrogen-bond acceptors (Lipinski definition) is 6. The molecule has 0 saturated carbocycles. The molecule has 6 heteroatoms. The molecule has 1 heterocycles. The first-order chi connectivity index (χ1) is 6.61. The van der Waals surface area contributed by atoms with Gasteiger partial charge in [-0.05, 0) is 6.92 Å². The molecular weight excluding hydrogens is 190 g/mol. The van der Waals surface area contributed by atoms with Gasteiger partial charge in [0.1, 0.15) is 18.3 Å². The van der Waals surface area contributed by atoms with E-state index in [0.29, 0.717) is 6.61 Å². The van der Waals surface area contributed by atoms with Gasteiger partial charge >= 0.3 is 0 Å². The van der Waals surface area contributed by atoms with Crippen molar-refractivity contribution in [3.8, 4) is 0 Å². The highest BCUT2D eigenvalue weighted by Crippen LogP contribution is 2.20. The van der Waals surface area contributed by atoms with Crippen molar-refractivity contribution in [1.29, 1.82) is 0 Å². The number of hydrogen-bond donors (Lipinski definition) is 4. The van der Waals surface area contributed by atoms with E-state index in [1.165, 1.54) is 0 Å². The second-order valence-electron chi connectivity index (χ2n) is 3.24. The summed E-state index contributed by atoms with van der Waals surface area (Å²) in [6, 6.07) is -0.863. The molecule has 0 aromatic carbocycles. The Hall–Kier alpha value is -0.240. The van der Waals surface area contributed by atoms with Crippen LogP contribution in [0.4, 0.5) is 0 Å². The van der Waals surface area contributed by atoms with Crippen LogP contribution in [0.3, 0.4) is 0 Å². The maximum atomic E-state index is 9.54. The zero-order chi connectivity index (χ0) is 10.7. The van der Waals surface area contributed by atoms with E-state index in [-0.39, 0.29) is 6.61 Å². The smallest absolute Gasteiger partial charge is 0.185 e. The standard InChI is InChI=1S/C8H17NO5/c1-2-13-8-7(12)5(9)6(11)4(3-10)14-8/h4-8,10-12H,2-3,9H2,1H3/t4-,5+,6-,7-,8+/m1/s1. The molecule has 1 rings (SSSR count). The zero-order valence-electron chi connectivity index (χ0n) is 8.04. The van der Waals surface area contributed by atoms with Crippen molar-refractivity contribution >= 4 is 0 Å². The number of nitrogens with two attached hydrogens (primary N) is 1. The summed E-state index contributed by atoms with van der Waals surface area (Å²) in [7, 11) is 0. The maximum absolute atomic E-state index is 9.54. The van der Waals surface area contributed by atoms with Crippen molar-refractivity contribution in [2.24, 2.45) is 5.73 Å². The van der Waals surface area contributed by atoms with Crippen LogP contribution in [0.2, 0.25) is 0 Å². The van der Waals surface area contributed by atoms with Crippen LogP contribution in [-0.4, -0.2) is 59.2 Å². The quantitative estimate of drug-likeness (QED) is 0.418. The first-order valence-corrected chi connectivity index (χ1v) is 4.61. The number of ether oxygens (including phenoxy) is 2. The highest BCUT2D eigenvalue weighted by molar-refractivity contribution is 4.91. The minimum absolute atomic E-state index is 0.356. The first-order valence-electron chi connectivity index (χ1n) is 4.61. The maximum Gasteiger partial charge on any atom is 0.185 e. The van der Waals surface area contributed by atoms with Crippen molar-refractivity contribution < 1.29 is 24.8 Å². The Balaban J connectivity index is 2.63. The van der Waals surface area contributed by atoms with Gasteiger partial charge < -0.3 is 30.5 Å². The molecule has 14 heavy (non-hydrogen) atoms. The zero-order valence-corrected chi connectivity index (χ0v) is 8.04. The predicted octanol–water partition coefficient (Wildman–Crippen LogP) is -2.21. The fraction of sp³-hybridized carbons (Fsp3) is 1.00. The van der Waals surface area contributed by atoms with Crippen LogP contribution >= 0.6 is 0 Å². The summed E-state index contributed by atoms with van der Waals surface area (Å²) in [5.74, 6) is 0. The van der Waals surface area contributed by atoms with Gasteiger partial charge in [-0.1, -0.05) is 0 Å². The van der Waals surface area contributed by atoms with Gasteiger partial charge in [0.25, 0.3) is 0 Å². The van der Waals surface area contributed by atoms with Crippen LogP contribution in [0.5, 0.6) is 0 Å². The van der Waals surface area contributed by atoms with Gasteiger partial charge in [0.2, 0.25) is 0 Å². The van der Waals surface area contributed by atoms with E-state index < -0.39 is 30.6 Å².